The minimum absolute atomic E-state index is 0.0554. The largest absolute Gasteiger partial charge is 0.497 e. The highest BCUT2D eigenvalue weighted by Crippen LogP contribution is 2.59. The normalized spacial score (nSPS) is 25.5. The smallest absolute Gasteiger partial charge is 0.341 e. The Bertz CT molecular complexity index is 665. The lowest BCUT2D eigenvalue weighted by atomic mass is 9.61. The SMILES string of the molecule is COC(=O)C1=C[C@](C)(c2ccc(OC)cc2)C2(CCCC2)C1=O. The first-order valence-electron chi connectivity index (χ1n) is 7.99. The highest BCUT2D eigenvalue weighted by molar-refractivity contribution is 6.22. The minimum Gasteiger partial charge on any atom is -0.497 e. The molecule has 4 nitrogen and oxygen atoms in total. The molecule has 2 aliphatic rings. The molecule has 0 amide bonds. The van der Waals surface area contributed by atoms with Crippen LogP contribution in [0.5, 0.6) is 5.75 Å². The summed E-state index contributed by atoms with van der Waals surface area (Å²) in [5.74, 6) is 0.193. The first-order valence-corrected chi connectivity index (χ1v) is 7.99. The highest BCUT2D eigenvalue weighted by atomic mass is 16.5. The van der Waals surface area contributed by atoms with Crippen LogP contribution in [-0.2, 0) is 19.7 Å². The maximum Gasteiger partial charge on any atom is 0.341 e. The van der Waals surface area contributed by atoms with E-state index in [0.29, 0.717) is 0 Å². The van der Waals surface area contributed by atoms with Crippen molar-refractivity contribution in [1.82, 2.24) is 0 Å². The van der Waals surface area contributed by atoms with E-state index in [0.717, 1.165) is 37.0 Å². The van der Waals surface area contributed by atoms with Crippen LogP contribution < -0.4 is 4.74 Å². The van der Waals surface area contributed by atoms with E-state index >= 15 is 0 Å². The number of ether oxygens (including phenoxy) is 2. The maximum atomic E-state index is 13.0. The molecule has 3 rings (SSSR count). The van der Waals surface area contributed by atoms with Crippen LogP contribution in [0.1, 0.15) is 38.2 Å². The van der Waals surface area contributed by atoms with Crippen LogP contribution >= 0.6 is 0 Å². The monoisotopic (exact) mass is 314 g/mol. The van der Waals surface area contributed by atoms with E-state index in [2.05, 4.69) is 6.92 Å². The molecule has 1 saturated carbocycles. The van der Waals surface area contributed by atoms with Crippen LogP contribution in [0.4, 0.5) is 0 Å². The Balaban J connectivity index is 2.13. The average Bonchev–Trinajstić information content (AvgIpc) is 3.16. The van der Waals surface area contributed by atoms with Crippen LogP contribution in [0.25, 0.3) is 0 Å². The standard InChI is InChI=1S/C19H22O4/c1-18(13-6-8-14(22-2)9-7-13)12-15(17(21)23-3)16(20)19(18)10-4-5-11-19/h6-9,12H,4-5,10-11H2,1-3H3/t18-/m1/s1. The predicted molar refractivity (Wildman–Crippen MR) is 86.4 cm³/mol. The molecule has 0 unspecified atom stereocenters. The van der Waals surface area contributed by atoms with Crippen LogP contribution in [0, 0.1) is 5.41 Å². The summed E-state index contributed by atoms with van der Waals surface area (Å²) in [6.07, 6.45) is 5.48. The number of Topliss-reactive ketones (excluding diaryl/α,β-unsaturated/α-hetero) is 1. The first kappa shape index (κ1) is 15.8. The molecule has 1 spiro atoms. The Labute approximate surface area is 136 Å². The third-order valence-corrected chi connectivity index (χ3v) is 5.66. The van der Waals surface area contributed by atoms with E-state index in [1.165, 1.54) is 7.11 Å². The Morgan fingerprint density at radius 3 is 2.22 bits per heavy atom. The second-order valence-electron chi connectivity index (χ2n) is 6.60. The van der Waals surface area contributed by atoms with E-state index in [9.17, 15) is 9.59 Å². The number of allylic oxidation sites excluding steroid dienone is 1. The molecular weight excluding hydrogens is 292 g/mol. The molecule has 0 heterocycles. The summed E-state index contributed by atoms with van der Waals surface area (Å²) < 4.78 is 10.0. The quantitative estimate of drug-likeness (QED) is 0.635. The number of ketones is 1. The van der Waals surface area contributed by atoms with Crippen LogP contribution in [0.15, 0.2) is 35.9 Å². The van der Waals surface area contributed by atoms with Gasteiger partial charge in [-0.2, -0.15) is 0 Å². The topological polar surface area (TPSA) is 52.6 Å². The maximum absolute atomic E-state index is 13.0. The van der Waals surface area contributed by atoms with Gasteiger partial charge in [-0.05, 0) is 30.5 Å². The van der Waals surface area contributed by atoms with E-state index < -0.39 is 16.8 Å². The molecule has 122 valence electrons. The number of benzene rings is 1. The van der Waals surface area contributed by atoms with Crippen molar-refractivity contribution in [3.63, 3.8) is 0 Å². The third kappa shape index (κ3) is 2.12. The van der Waals surface area contributed by atoms with Crippen molar-refractivity contribution < 1.29 is 19.1 Å². The molecule has 0 N–H and O–H groups in total. The Hall–Kier alpha value is -2.10. The van der Waals surface area contributed by atoms with Gasteiger partial charge < -0.3 is 9.47 Å². The van der Waals surface area contributed by atoms with Crippen molar-refractivity contribution in [3.8, 4) is 5.75 Å². The Morgan fingerprint density at radius 2 is 1.70 bits per heavy atom. The summed E-state index contributed by atoms with van der Waals surface area (Å²) in [7, 11) is 2.95. The van der Waals surface area contributed by atoms with Crippen molar-refractivity contribution in [3.05, 3.63) is 41.5 Å². The Morgan fingerprint density at radius 1 is 1.09 bits per heavy atom. The average molecular weight is 314 g/mol. The van der Waals surface area contributed by atoms with Crippen LogP contribution in [0.3, 0.4) is 0 Å². The van der Waals surface area contributed by atoms with E-state index in [1.807, 2.05) is 30.3 Å². The summed E-state index contributed by atoms with van der Waals surface area (Å²) >= 11 is 0. The number of hydrogen-bond acceptors (Lipinski definition) is 4. The zero-order valence-corrected chi connectivity index (χ0v) is 13.8. The molecule has 0 aromatic heterocycles. The van der Waals surface area contributed by atoms with E-state index in [1.54, 1.807) is 7.11 Å². The third-order valence-electron chi connectivity index (χ3n) is 5.66. The summed E-state index contributed by atoms with van der Waals surface area (Å²) in [4.78, 5) is 25.1. The summed E-state index contributed by atoms with van der Waals surface area (Å²) in [6.45, 7) is 2.06. The number of esters is 1. The van der Waals surface area contributed by atoms with Gasteiger partial charge in [0.25, 0.3) is 0 Å². The molecule has 4 heteroatoms. The van der Waals surface area contributed by atoms with Crippen molar-refractivity contribution in [1.29, 1.82) is 0 Å². The molecule has 1 fully saturated rings. The molecule has 0 aliphatic heterocycles. The second-order valence-corrected chi connectivity index (χ2v) is 6.60. The van der Waals surface area contributed by atoms with Gasteiger partial charge in [-0.15, -0.1) is 0 Å². The van der Waals surface area contributed by atoms with Gasteiger partial charge in [0.05, 0.1) is 14.2 Å². The summed E-state index contributed by atoms with van der Waals surface area (Å²) in [5, 5.41) is 0. The number of methoxy groups -OCH3 is 2. The fraction of sp³-hybridized carbons (Fsp3) is 0.474. The lowest BCUT2D eigenvalue weighted by molar-refractivity contribution is -0.139. The molecule has 1 aromatic carbocycles. The molecule has 0 saturated heterocycles. The van der Waals surface area contributed by atoms with Crippen molar-refractivity contribution in [2.24, 2.45) is 5.41 Å². The predicted octanol–water partition coefficient (Wildman–Crippen LogP) is 3.20. The number of carbonyl (C=O) groups excluding carboxylic acids is 2. The van der Waals surface area contributed by atoms with Gasteiger partial charge in [0, 0.05) is 10.8 Å². The lowest BCUT2D eigenvalue weighted by Gasteiger charge is -2.39. The van der Waals surface area contributed by atoms with Gasteiger partial charge in [0.1, 0.15) is 11.3 Å². The first-order chi connectivity index (χ1) is 11.0. The minimum atomic E-state index is -0.529. The molecule has 0 bridgehead atoms. The Kier molecular flexibility index (Phi) is 3.78. The van der Waals surface area contributed by atoms with Crippen LogP contribution in [0.2, 0.25) is 0 Å². The fourth-order valence-corrected chi connectivity index (χ4v) is 4.27. The van der Waals surface area contributed by atoms with Gasteiger partial charge in [-0.25, -0.2) is 4.79 Å². The molecule has 1 aromatic rings. The van der Waals surface area contributed by atoms with E-state index in [-0.39, 0.29) is 11.4 Å². The highest BCUT2D eigenvalue weighted by Gasteiger charge is 2.60. The molecule has 23 heavy (non-hydrogen) atoms. The fourth-order valence-electron chi connectivity index (χ4n) is 4.27. The summed E-state index contributed by atoms with van der Waals surface area (Å²) in [5.41, 5.74) is 0.224. The number of hydrogen-bond donors (Lipinski definition) is 0. The van der Waals surface area contributed by atoms with Gasteiger partial charge in [-0.1, -0.05) is 38.0 Å². The van der Waals surface area contributed by atoms with Crippen molar-refractivity contribution >= 4 is 11.8 Å². The number of carbonyl (C=O) groups is 2. The zero-order valence-electron chi connectivity index (χ0n) is 13.8. The molecule has 1 atom stereocenters. The van der Waals surface area contributed by atoms with Gasteiger partial charge >= 0.3 is 5.97 Å². The van der Waals surface area contributed by atoms with E-state index in [4.69, 9.17) is 9.47 Å². The van der Waals surface area contributed by atoms with Gasteiger partial charge in [-0.3, -0.25) is 4.79 Å². The molecule has 2 aliphatic carbocycles. The lowest BCUT2D eigenvalue weighted by Crippen LogP contribution is -2.42. The zero-order chi connectivity index (χ0) is 16.7. The van der Waals surface area contributed by atoms with Gasteiger partial charge in [0.15, 0.2) is 5.78 Å². The van der Waals surface area contributed by atoms with Gasteiger partial charge in [0.2, 0.25) is 0 Å². The van der Waals surface area contributed by atoms with Crippen molar-refractivity contribution in [2.45, 2.75) is 38.0 Å². The second kappa shape index (κ2) is 5.52. The number of rotatable bonds is 3. The molecule has 0 radical (unpaired) electrons. The molecular formula is C19H22O4. The van der Waals surface area contributed by atoms with Crippen molar-refractivity contribution in [2.75, 3.05) is 14.2 Å². The summed E-state index contributed by atoms with van der Waals surface area (Å²) in [6, 6.07) is 7.78. The van der Waals surface area contributed by atoms with Crippen LogP contribution in [-0.4, -0.2) is 26.0 Å².